The van der Waals surface area contributed by atoms with Gasteiger partial charge in [-0.1, -0.05) is 0 Å². The summed E-state index contributed by atoms with van der Waals surface area (Å²) in [5, 5.41) is 16.8. The minimum Gasteiger partial charge on any atom is -0.507 e. The van der Waals surface area contributed by atoms with Crippen LogP contribution in [0.3, 0.4) is 0 Å². The molecule has 1 aliphatic rings. The van der Waals surface area contributed by atoms with E-state index >= 15 is 0 Å². The highest BCUT2D eigenvalue weighted by Gasteiger charge is 2.29. The molecular weight excluding hydrogens is 444 g/mol. The highest BCUT2D eigenvalue weighted by atomic mass is 32.1. The first-order valence-corrected chi connectivity index (χ1v) is 11.7. The maximum atomic E-state index is 12.4. The fourth-order valence-electron chi connectivity index (χ4n) is 3.71. The first-order valence-electron chi connectivity index (χ1n) is 10.9. The van der Waals surface area contributed by atoms with Crippen LogP contribution < -0.4 is 15.6 Å². The highest BCUT2D eigenvalue weighted by molar-refractivity contribution is 7.17. The van der Waals surface area contributed by atoms with Crippen molar-refractivity contribution in [2.45, 2.75) is 40.0 Å². The lowest BCUT2D eigenvalue weighted by Crippen LogP contribution is -2.32. The molecule has 2 aromatic rings. The number of amides is 2. The molecule has 1 aromatic carbocycles. The van der Waals surface area contributed by atoms with Gasteiger partial charge in [0.05, 0.1) is 18.4 Å². The van der Waals surface area contributed by atoms with E-state index in [-0.39, 0.29) is 12.4 Å². The second kappa shape index (κ2) is 11.0. The molecule has 33 heavy (non-hydrogen) atoms. The summed E-state index contributed by atoms with van der Waals surface area (Å²) in [5.41, 5.74) is 4.63. The average molecular weight is 473 g/mol. The van der Waals surface area contributed by atoms with Crippen molar-refractivity contribution in [3.05, 3.63) is 39.8 Å². The number of hydrogen-bond acceptors (Lipinski definition) is 8. The van der Waals surface area contributed by atoms with Crippen molar-refractivity contribution in [2.75, 3.05) is 29.9 Å². The molecule has 176 valence electrons. The SMILES string of the molecule is CCOC(=O)c1c(NC(=O)C(=O)N/N=C\c2ccc(N(CC)CC)cc2O)sc2c1CCC2. The van der Waals surface area contributed by atoms with Gasteiger partial charge in [-0.2, -0.15) is 5.10 Å². The molecule has 3 N–H and O–H groups in total. The summed E-state index contributed by atoms with van der Waals surface area (Å²) in [7, 11) is 0. The smallest absolute Gasteiger partial charge is 0.341 e. The van der Waals surface area contributed by atoms with E-state index in [9.17, 15) is 19.5 Å². The Kier molecular flexibility index (Phi) is 8.05. The predicted molar refractivity (Wildman–Crippen MR) is 128 cm³/mol. The van der Waals surface area contributed by atoms with Crippen molar-refractivity contribution < 1.29 is 24.2 Å². The number of phenolic OH excluding ortho intramolecular Hbond substituents is 1. The third-order valence-electron chi connectivity index (χ3n) is 5.35. The van der Waals surface area contributed by atoms with Gasteiger partial charge in [0.25, 0.3) is 0 Å². The Morgan fingerprint density at radius 1 is 1.18 bits per heavy atom. The van der Waals surface area contributed by atoms with E-state index in [1.165, 1.54) is 17.6 Å². The lowest BCUT2D eigenvalue weighted by Gasteiger charge is -2.21. The number of aryl methyl sites for hydroxylation is 1. The summed E-state index contributed by atoms with van der Waals surface area (Å²) < 4.78 is 5.12. The monoisotopic (exact) mass is 472 g/mol. The summed E-state index contributed by atoms with van der Waals surface area (Å²) in [5.74, 6) is -2.43. The van der Waals surface area contributed by atoms with Gasteiger partial charge in [-0.05, 0) is 57.7 Å². The number of hydrogen-bond donors (Lipinski definition) is 3. The third-order valence-corrected chi connectivity index (χ3v) is 6.55. The molecule has 9 nitrogen and oxygen atoms in total. The standard InChI is InChI=1S/C23H28N4O5S/c1-4-27(5-2)15-11-10-14(17(28)12-15)13-24-26-21(30)20(29)25-22-19(23(31)32-6-3)16-8-7-9-18(16)33-22/h10-13,28H,4-9H2,1-3H3,(H,25,29)(H,26,30)/b24-13-. The summed E-state index contributed by atoms with van der Waals surface area (Å²) in [4.78, 5) is 40.1. The van der Waals surface area contributed by atoms with Crippen LogP contribution in [0.2, 0.25) is 0 Å². The number of phenols is 1. The molecule has 0 saturated heterocycles. The topological polar surface area (TPSA) is 120 Å². The zero-order valence-corrected chi connectivity index (χ0v) is 19.8. The molecule has 0 atom stereocenters. The van der Waals surface area contributed by atoms with Crippen LogP contribution in [-0.4, -0.2) is 48.8 Å². The fraction of sp³-hybridized carbons (Fsp3) is 0.391. The number of hydrazone groups is 1. The minimum absolute atomic E-state index is 0.00836. The number of thiophene rings is 1. The Balaban J connectivity index is 1.65. The van der Waals surface area contributed by atoms with E-state index in [0.717, 1.165) is 48.5 Å². The minimum atomic E-state index is -0.992. The number of nitrogens with zero attached hydrogens (tertiary/aromatic N) is 2. The van der Waals surface area contributed by atoms with Crippen molar-refractivity contribution in [3.63, 3.8) is 0 Å². The van der Waals surface area contributed by atoms with Crippen molar-refractivity contribution in [2.24, 2.45) is 5.10 Å². The Bertz CT molecular complexity index is 1080. The first kappa shape index (κ1) is 24.2. The third kappa shape index (κ3) is 5.51. The Hall–Kier alpha value is -3.40. The number of anilines is 2. The largest absolute Gasteiger partial charge is 0.507 e. The molecule has 1 aromatic heterocycles. The molecule has 0 saturated carbocycles. The number of ether oxygens (including phenoxy) is 1. The first-order chi connectivity index (χ1) is 15.9. The Morgan fingerprint density at radius 3 is 2.61 bits per heavy atom. The number of esters is 1. The molecule has 0 spiro atoms. The van der Waals surface area contributed by atoms with E-state index in [4.69, 9.17) is 4.74 Å². The average Bonchev–Trinajstić information content (AvgIpc) is 3.36. The molecule has 0 fully saturated rings. The van der Waals surface area contributed by atoms with Gasteiger partial charge < -0.3 is 20.1 Å². The predicted octanol–water partition coefficient (Wildman–Crippen LogP) is 3.05. The zero-order valence-electron chi connectivity index (χ0n) is 18.9. The van der Waals surface area contributed by atoms with Crippen LogP contribution in [0.25, 0.3) is 0 Å². The van der Waals surface area contributed by atoms with E-state index < -0.39 is 17.8 Å². The quantitative estimate of drug-likeness (QED) is 0.235. The molecule has 3 rings (SSSR count). The fourth-order valence-corrected chi connectivity index (χ4v) is 4.98. The van der Waals surface area contributed by atoms with Crippen LogP contribution in [0.1, 0.15) is 53.6 Å². The van der Waals surface area contributed by atoms with E-state index in [2.05, 4.69) is 20.7 Å². The van der Waals surface area contributed by atoms with Crippen LogP contribution >= 0.6 is 11.3 Å². The molecule has 1 heterocycles. The Labute approximate surface area is 196 Å². The maximum absolute atomic E-state index is 12.4. The summed E-state index contributed by atoms with van der Waals surface area (Å²) in [6, 6.07) is 5.14. The van der Waals surface area contributed by atoms with Crippen LogP contribution in [0.4, 0.5) is 10.7 Å². The van der Waals surface area contributed by atoms with Crippen LogP contribution in [0.15, 0.2) is 23.3 Å². The van der Waals surface area contributed by atoms with Crippen molar-refractivity contribution in [3.8, 4) is 5.75 Å². The maximum Gasteiger partial charge on any atom is 0.341 e. The van der Waals surface area contributed by atoms with Gasteiger partial charge in [0.2, 0.25) is 0 Å². The molecule has 0 bridgehead atoms. The Morgan fingerprint density at radius 2 is 1.94 bits per heavy atom. The number of benzene rings is 1. The van der Waals surface area contributed by atoms with Crippen LogP contribution in [-0.2, 0) is 27.2 Å². The van der Waals surface area contributed by atoms with Gasteiger partial charge >= 0.3 is 17.8 Å². The van der Waals surface area contributed by atoms with Gasteiger partial charge in [0, 0.05) is 35.3 Å². The zero-order chi connectivity index (χ0) is 24.0. The van der Waals surface area contributed by atoms with Gasteiger partial charge in [0.15, 0.2) is 0 Å². The van der Waals surface area contributed by atoms with Crippen LogP contribution in [0.5, 0.6) is 5.75 Å². The molecule has 2 amide bonds. The molecule has 0 aliphatic heterocycles. The number of carbonyl (C=O) groups excluding carboxylic acids is 3. The number of rotatable bonds is 8. The summed E-state index contributed by atoms with van der Waals surface area (Å²) in [6.45, 7) is 7.59. The lowest BCUT2D eigenvalue weighted by atomic mass is 10.1. The lowest BCUT2D eigenvalue weighted by molar-refractivity contribution is -0.136. The van der Waals surface area contributed by atoms with Crippen molar-refractivity contribution in [1.29, 1.82) is 0 Å². The van der Waals surface area contributed by atoms with E-state index in [0.29, 0.717) is 16.1 Å². The second-order valence-electron chi connectivity index (χ2n) is 7.35. The van der Waals surface area contributed by atoms with Crippen LogP contribution in [0, 0.1) is 0 Å². The van der Waals surface area contributed by atoms with Crippen molar-refractivity contribution in [1.82, 2.24) is 5.43 Å². The van der Waals surface area contributed by atoms with E-state index in [1.54, 1.807) is 19.1 Å². The van der Waals surface area contributed by atoms with Gasteiger partial charge in [-0.25, -0.2) is 10.2 Å². The van der Waals surface area contributed by atoms with Gasteiger partial charge in [0.1, 0.15) is 10.8 Å². The molecular formula is C23H28N4O5S. The second-order valence-corrected chi connectivity index (χ2v) is 8.46. The number of fused-ring (bicyclic) bond motifs is 1. The molecule has 10 heteroatoms. The number of aromatic hydroxyl groups is 1. The summed E-state index contributed by atoms with van der Waals surface area (Å²) >= 11 is 1.29. The van der Waals surface area contributed by atoms with Gasteiger partial charge in [-0.15, -0.1) is 11.3 Å². The van der Waals surface area contributed by atoms with E-state index in [1.807, 2.05) is 19.9 Å². The number of carbonyl (C=O) groups is 3. The van der Waals surface area contributed by atoms with Gasteiger partial charge in [-0.3, -0.25) is 9.59 Å². The number of nitrogens with one attached hydrogen (secondary N) is 2. The molecule has 1 aliphatic carbocycles. The molecule has 0 radical (unpaired) electrons. The molecule has 0 unspecified atom stereocenters. The normalized spacial score (nSPS) is 12.5. The summed E-state index contributed by atoms with van der Waals surface area (Å²) in [6.07, 6.45) is 3.77. The highest BCUT2D eigenvalue weighted by Crippen LogP contribution is 2.39. The van der Waals surface area contributed by atoms with Crippen molar-refractivity contribution >= 4 is 46.0 Å².